The van der Waals surface area contributed by atoms with Gasteiger partial charge in [0, 0.05) is 33.9 Å². The van der Waals surface area contributed by atoms with Gasteiger partial charge >= 0.3 is 0 Å². The third-order valence-corrected chi connectivity index (χ3v) is 3.31. The molecule has 1 atom stereocenters. The predicted molar refractivity (Wildman–Crippen MR) is 57.5 cm³/mol. The van der Waals surface area contributed by atoms with Crippen molar-refractivity contribution in [1.29, 1.82) is 0 Å². The normalized spacial score (nSPS) is 20.8. The van der Waals surface area contributed by atoms with Crippen molar-refractivity contribution >= 4 is 0 Å². The van der Waals surface area contributed by atoms with Gasteiger partial charge in [-0.25, -0.2) is 0 Å². The summed E-state index contributed by atoms with van der Waals surface area (Å²) in [7, 11) is 3.52. The summed E-state index contributed by atoms with van der Waals surface area (Å²) in [5.41, 5.74) is 0.518. The summed E-state index contributed by atoms with van der Waals surface area (Å²) in [6.45, 7) is 6.04. The molecule has 1 N–H and O–H groups in total. The molecule has 1 rings (SSSR count). The Balaban J connectivity index is 2.15. The van der Waals surface area contributed by atoms with Crippen LogP contribution in [0.1, 0.15) is 19.8 Å². The summed E-state index contributed by atoms with van der Waals surface area (Å²) < 4.78 is 10.2. The highest BCUT2D eigenvalue weighted by molar-refractivity contribution is 4.98. The van der Waals surface area contributed by atoms with Gasteiger partial charge in [0.2, 0.25) is 0 Å². The molecule has 0 radical (unpaired) electrons. The van der Waals surface area contributed by atoms with Crippen LogP contribution in [-0.4, -0.2) is 40.5 Å². The van der Waals surface area contributed by atoms with Crippen molar-refractivity contribution in [1.82, 2.24) is 5.32 Å². The Bertz CT molecular complexity index is 157. The Labute approximate surface area is 87.2 Å². The van der Waals surface area contributed by atoms with Crippen LogP contribution in [0.5, 0.6) is 0 Å². The first-order valence-electron chi connectivity index (χ1n) is 5.44. The average Bonchev–Trinajstić information content (AvgIpc) is 2.94. The first-order chi connectivity index (χ1) is 6.75. The van der Waals surface area contributed by atoms with E-state index in [1.165, 1.54) is 12.8 Å². The number of hydrogen-bond donors (Lipinski definition) is 1. The minimum atomic E-state index is 0.518. The molecule has 0 heterocycles. The molecule has 1 aliphatic rings. The van der Waals surface area contributed by atoms with Gasteiger partial charge in [0.1, 0.15) is 0 Å². The van der Waals surface area contributed by atoms with Gasteiger partial charge in [-0.2, -0.15) is 0 Å². The van der Waals surface area contributed by atoms with Crippen LogP contribution < -0.4 is 5.32 Å². The molecule has 1 unspecified atom stereocenters. The average molecular weight is 201 g/mol. The number of methoxy groups -OCH3 is 2. The number of rotatable bonds is 8. The van der Waals surface area contributed by atoms with E-state index in [0.717, 1.165) is 26.3 Å². The summed E-state index contributed by atoms with van der Waals surface area (Å²) in [6.07, 6.45) is 2.69. The third kappa shape index (κ3) is 3.23. The fourth-order valence-corrected chi connectivity index (χ4v) is 1.94. The Hall–Kier alpha value is -0.120. The van der Waals surface area contributed by atoms with Crippen molar-refractivity contribution < 1.29 is 9.47 Å². The van der Waals surface area contributed by atoms with Crippen molar-refractivity contribution in [3.05, 3.63) is 0 Å². The van der Waals surface area contributed by atoms with Crippen LogP contribution in [-0.2, 0) is 9.47 Å². The second-order valence-corrected chi connectivity index (χ2v) is 4.39. The minimum Gasteiger partial charge on any atom is -0.384 e. The van der Waals surface area contributed by atoms with Gasteiger partial charge in [-0.1, -0.05) is 6.92 Å². The molecule has 3 nitrogen and oxygen atoms in total. The van der Waals surface area contributed by atoms with Gasteiger partial charge in [-0.15, -0.1) is 0 Å². The maximum Gasteiger partial charge on any atom is 0.0587 e. The zero-order valence-corrected chi connectivity index (χ0v) is 9.64. The molecule has 0 saturated heterocycles. The summed E-state index contributed by atoms with van der Waals surface area (Å²) in [6, 6.07) is 0. The Morgan fingerprint density at radius 1 is 1.29 bits per heavy atom. The van der Waals surface area contributed by atoms with Gasteiger partial charge in [-0.05, 0) is 24.2 Å². The molecule has 0 bridgehead atoms. The van der Waals surface area contributed by atoms with Crippen molar-refractivity contribution in [2.45, 2.75) is 19.8 Å². The first kappa shape index (κ1) is 12.0. The van der Waals surface area contributed by atoms with Crippen LogP contribution in [0.4, 0.5) is 0 Å². The maximum absolute atomic E-state index is 5.20. The largest absolute Gasteiger partial charge is 0.384 e. The van der Waals surface area contributed by atoms with Gasteiger partial charge < -0.3 is 14.8 Å². The Morgan fingerprint density at radius 3 is 2.50 bits per heavy atom. The molecule has 0 spiro atoms. The highest BCUT2D eigenvalue weighted by Gasteiger charge is 2.46. The van der Waals surface area contributed by atoms with E-state index in [2.05, 4.69) is 12.2 Å². The lowest BCUT2D eigenvalue weighted by molar-refractivity contribution is 0.118. The van der Waals surface area contributed by atoms with Crippen molar-refractivity contribution in [2.24, 2.45) is 11.3 Å². The highest BCUT2D eigenvalue weighted by Crippen LogP contribution is 2.51. The van der Waals surface area contributed by atoms with Gasteiger partial charge in [0.15, 0.2) is 0 Å². The van der Waals surface area contributed by atoms with E-state index in [-0.39, 0.29) is 0 Å². The van der Waals surface area contributed by atoms with Gasteiger partial charge in [-0.3, -0.25) is 0 Å². The number of nitrogens with one attached hydrogen (secondary N) is 1. The quantitative estimate of drug-likeness (QED) is 0.600. The molecule has 14 heavy (non-hydrogen) atoms. The Kier molecular flexibility index (Phi) is 4.85. The van der Waals surface area contributed by atoms with Crippen molar-refractivity contribution in [3.63, 3.8) is 0 Å². The lowest BCUT2D eigenvalue weighted by Gasteiger charge is -2.23. The lowest BCUT2D eigenvalue weighted by atomic mass is 9.91. The Morgan fingerprint density at radius 2 is 2.00 bits per heavy atom. The molecule has 0 aliphatic heterocycles. The molecular weight excluding hydrogens is 178 g/mol. The van der Waals surface area contributed by atoms with E-state index in [9.17, 15) is 0 Å². The van der Waals surface area contributed by atoms with Crippen LogP contribution in [0, 0.1) is 11.3 Å². The molecule has 0 aromatic carbocycles. The molecule has 84 valence electrons. The SMILES string of the molecule is COCCNCC1(C(C)COC)CC1. The van der Waals surface area contributed by atoms with Crippen molar-refractivity contribution in [3.8, 4) is 0 Å². The maximum atomic E-state index is 5.20. The lowest BCUT2D eigenvalue weighted by Crippen LogP contribution is -2.32. The van der Waals surface area contributed by atoms with Crippen LogP contribution in [0.2, 0.25) is 0 Å². The number of hydrogen-bond acceptors (Lipinski definition) is 3. The molecule has 3 heteroatoms. The second kappa shape index (κ2) is 5.69. The summed E-state index contributed by atoms with van der Waals surface area (Å²) in [5.74, 6) is 0.669. The minimum absolute atomic E-state index is 0.518. The molecule has 0 aromatic rings. The summed E-state index contributed by atoms with van der Waals surface area (Å²) in [5, 5.41) is 3.45. The van der Waals surface area contributed by atoms with Gasteiger partial charge in [0.25, 0.3) is 0 Å². The monoisotopic (exact) mass is 201 g/mol. The van der Waals surface area contributed by atoms with Crippen LogP contribution in [0.3, 0.4) is 0 Å². The molecule has 0 aromatic heterocycles. The van der Waals surface area contributed by atoms with E-state index in [4.69, 9.17) is 9.47 Å². The van der Waals surface area contributed by atoms with E-state index >= 15 is 0 Å². The second-order valence-electron chi connectivity index (χ2n) is 4.39. The standard InChI is InChI=1S/C11H23NO2/c1-10(8-14-3)11(4-5-11)9-12-6-7-13-2/h10,12H,4-9H2,1-3H3. The zero-order chi connectivity index (χ0) is 10.4. The molecular formula is C11H23NO2. The molecule has 1 fully saturated rings. The summed E-state index contributed by atoms with van der Waals surface area (Å²) >= 11 is 0. The van der Waals surface area contributed by atoms with Crippen LogP contribution >= 0.6 is 0 Å². The third-order valence-electron chi connectivity index (χ3n) is 3.31. The van der Waals surface area contributed by atoms with E-state index < -0.39 is 0 Å². The van der Waals surface area contributed by atoms with Gasteiger partial charge in [0.05, 0.1) is 6.61 Å². The van der Waals surface area contributed by atoms with E-state index in [1.807, 2.05) is 0 Å². The van der Waals surface area contributed by atoms with E-state index in [1.54, 1.807) is 14.2 Å². The molecule has 1 saturated carbocycles. The number of ether oxygens (including phenoxy) is 2. The zero-order valence-electron chi connectivity index (χ0n) is 9.64. The fourth-order valence-electron chi connectivity index (χ4n) is 1.94. The smallest absolute Gasteiger partial charge is 0.0587 e. The van der Waals surface area contributed by atoms with Crippen LogP contribution in [0.15, 0.2) is 0 Å². The predicted octanol–water partition coefficient (Wildman–Crippen LogP) is 1.29. The molecule has 1 aliphatic carbocycles. The van der Waals surface area contributed by atoms with Crippen LogP contribution in [0.25, 0.3) is 0 Å². The van der Waals surface area contributed by atoms with E-state index in [0.29, 0.717) is 11.3 Å². The fraction of sp³-hybridized carbons (Fsp3) is 1.00. The topological polar surface area (TPSA) is 30.5 Å². The molecule has 0 amide bonds. The summed E-state index contributed by atoms with van der Waals surface area (Å²) in [4.78, 5) is 0. The highest BCUT2D eigenvalue weighted by atomic mass is 16.5. The first-order valence-corrected chi connectivity index (χ1v) is 5.44. The van der Waals surface area contributed by atoms with Crippen molar-refractivity contribution in [2.75, 3.05) is 40.5 Å².